The number of piperazine rings is 1. The van der Waals surface area contributed by atoms with Gasteiger partial charge in [-0.15, -0.1) is 11.8 Å². The first-order valence-electron chi connectivity index (χ1n) is 9.04. The van der Waals surface area contributed by atoms with Gasteiger partial charge in [-0.1, -0.05) is 13.8 Å². The molecule has 0 saturated carbocycles. The SMILES string of the molecule is CCSc1ccc(NC(=O)N2CCN(c3cc(CC)ncn3)CC2)cc1. The number of aromatic nitrogens is 2. The van der Waals surface area contributed by atoms with Gasteiger partial charge < -0.3 is 15.1 Å². The minimum absolute atomic E-state index is 0.0440. The third kappa shape index (κ3) is 4.66. The van der Waals surface area contributed by atoms with Crippen molar-refractivity contribution in [1.82, 2.24) is 14.9 Å². The molecule has 0 radical (unpaired) electrons. The predicted molar refractivity (Wildman–Crippen MR) is 107 cm³/mol. The lowest BCUT2D eigenvalue weighted by Gasteiger charge is -2.35. The summed E-state index contributed by atoms with van der Waals surface area (Å²) in [7, 11) is 0. The summed E-state index contributed by atoms with van der Waals surface area (Å²) in [6.07, 6.45) is 2.52. The van der Waals surface area contributed by atoms with Crippen molar-refractivity contribution in [2.24, 2.45) is 0 Å². The van der Waals surface area contributed by atoms with E-state index in [1.54, 1.807) is 18.1 Å². The van der Waals surface area contributed by atoms with E-state index in [4.69, 9.17) is 0 Å². The third-order valence-corrected chi connectivity index (χ3v) is 5.27. The van der Waals surface area contributed by atoms with Crippen molar-refractivity contribution >= 4 is 29.3 Å². The fourth-order valence-corrected chi connectivity index (χ4v) is 3.56. The van der Waals surface area contributed by atoms with Crippen LogP contribution in [0.5, 0.6) is 0 Å². The van der Waals surface area contributed by atoms with Crippen LogP contribution < -0.4 is 10.2 Å². The maximum atomic E-state index is 12.5. The monoisotopic (exact) mass is 371 g/mol. The Labute approximate surface area is 159 Å². The standard InChI is InChI=1S/C19H25N5OS/c1-3-15-13-18(21-14-20-15)23-9-11-24(12-10-23)19(25)22-16-5-7-17(8-6-16)26-4-2/h5-8,13-14H,3-4,9-12H2,1-2H3,(H,22,25). The first-order valence-corrected chi connectivity index (χ1v) is 10.0. The van der Waals surface area contributed by atoms with Gasteiger partial charge in [0.25, 0.3) is 0 Å². The zero-order valence-electron chi connectivity index (χ0n) is 15.3. The highest BCUT2D eigenvalue weighted by Crippen LogP contribution is 2.20. The van der Waals surface area contributed by atoms with E-state index < -0.39 is 0 Å². The largest absolute Gasteiger partial charge is 0.353 e. The zero-order chi connectivity index (χ0) is 18.4. The van der Waals surface area contributed by atoms with Crippen LogP contribution in [0.15, 0.2) is 41.6 Å². The highest BCUT2D eigenvalue weighted by molar-refractivity contribution is 7.99. The second kappa shape index (κ2) is 8.89. The van der Waals surface area contributed by atoms with Gasteiger partial charge in [0, 0.05) is 48.5 Å². The van der Waals surface area contributed by atoms with Gasteiger partial charge in [-0.05, 0) is 36.4 Å². The zero-order valence-corrected chi connectivity index (χ0v) is 16.1. The van der Waals surface area contributed by atoms with Crippen LogP contribution in [-0.4, -0.2) is 52.8 Å². The number of anilines is 2. The number of hydrogen-bond donors (Lipinski definition) is 1. The Morgan fingerprint density at radius 3 is 2.50 bits per heavy atom. The average molecular weight is 372 g/mol. The van der Waals surface area contributed by atoms with Crippen molar-refractivity contribution in [2.75, 3.05) is 42.1 Å². The predicted octanol–water partition coefficient (Wildman–Crippen LogP) is 3.51. The molecule has 0 spiro atoms. The first kappa shape index (κ1) is 18.5. The number of hydrogen-bond acceptors (Lipinski definition) is 5. The number of rotatable bonds is 5. The van der Waals surface area contributed by atoms with Crippen molar-refractivity contribution in [3.05, 3.63) is 42.4 Å². The summed E-state index contributed by atoms with van der Waals surface area (Å²) in [5, 5.41) is 2.99. The summed E-state index contributed by atoms with van der Waals surface area (Å²) >= 11 is 1.79. The Morgan fingerprint density at radius 2 is 1.85 bits per heavy atom. The second-order valence-electron chi connectivity index (χ2n) is 6.08. The van der Waals surface area contributed by atoms with E-state index in [9.17, 15) is 4.79 Å². The van der Waals surface area contributed by atoms with Crippen LogP contribution in [0.1, 0.15) is 19.5 Å². The number of thioether (sulfide) groups is 1. The fraction of sp³-hybridized carbons (Fsp3) is 0.421. The van der Waals surface area contributed by atoms with Crippen LogP contribution in [0.25, 0.3) is 0 Å². The normalized spacial score (nSPS) is 14.4. The third-order valence-electron chi connectivity index (χ3n) is 4.38. The maximum Gasteiger partial charge on any atom is 0.321 e. The smallest absolute Gasteiger partial charge is 0.321 e. The number of carbonyl (C=O) groups excluding carboxylic acids is 1. The molecule has 1 aliphatic heterocycles. The Balaban J connectivity index is 1.53. The summed E-state index contributed by atoms with van der Waals surface area (Å²) in [5.74, 6) is 1.99. The summed E-state index contributed by atoms with van der Waals surface area (Å²) in [5.41, 5.74) is 1.88. The molecule has 138 valence electrons. The number of aryl methyl sites for hydroxylation is 1. The van der Waals surface area contributed by atoms with Gasteiger partial charge in [-0.25, -0.2) is 14.8 Å². The molecule has 0 unspecified atom stereocenters. The lowest BCUT2D eigenvalue weighted by atomic mass is 10.2. The number of amides is 2. The van der Waals surface area contributed by atoms with Gasteiger partial charge in [0.15, 0.2) is 0 Å². The highest BCUT2D eigenvalue weighted by atomic mass is 32.2. The van der Waals surface area contributed by atoms with Crippen LogP contribution in [0, 0.1) is 0 Å². The number of nitrogens with one attached hydrogen (secondary N) is 1. The molecule has 2 aromatic rings. The van der Waals surface area contributed by atoms with Crippen molar-refractivity contribution in [3.63, 3.8) is 0 Å². The quantitative estimate of drug-likeness (QED) is 0.815. The second-order valence-corrected chi connectivity index (χ2v) is 7.42. The van der Waals surface area contributed by atoms with Gasteiger partial charge in [-0.3, -0.25) is 0 Å². The highest BCUT2D eigenvalue weighted by Gasteiger charge is 2.22. The topological polar surface area (TPSA) is 61.4 Å². The van der Waals surface area contributed by atoms with Crippen LogP contribution in [-0.2, 0) is 6.42 Å². The van der Waals surface area contributed by atoms with Crippen LogP contribution in [0.3, 0.4) is 0 Å². The molecule has 1 aromatic heterocycles. The molecule has 1 N–H and O–H groups in total. The molecule has 3 rings (SSSR count). The van der Waals surface area contributed by atoms with Crippen molar-refractivity contribution < 1.29 is 4.79 Å². The van der Waals surface area contributed by atoms with E-state index in [0.29, 0.717) is 13.1 Å². The summed E-state index contributed by atoms with van der Waals surface area (Å²) in [6.45, 7) is 7.13. The number of carbonyl (C=O) groups is 1. The molecule has 2 amide bonds. The van der Waals surface area contributed by atoms with Crippen molar-refractivity contribution in [3.8, 4) is 0 Å². The van der Waals surface area contributed by atoms with E-state index in [-0.39, 0.29) is 6.03 Å². The molecule has 7 heteroatoms. The maximum absolute atomic E-state index is 12.5. The molecular weight excluding hydrogens is 346 g/mol. The lowest BCUT2D eigenvalue weighted by Crippen LogP contribution is -2.50. The van der Waals surface area contributed by atoms with E-state index >= 15 is 0 Å². The number of urea groups is 1. The fourth-order valence-electron chi connectivity index (χ4n) is 2.89. The van der Waals surface area contributed by atoms with Gasteiger partial charge in [0.05, 0.1) is 0 Å². The molecule has 1 aromatic carbocycles. The van der Waals surface area contributed by atoms with Crippen molar-refractivity contribution in [1.29, 1.82) is 0 Å². The minimum Gasteiger partial charge on any atom is -0.353 e. The summed E-state index contributed by atoms with van der Waals surface area (Å²) in [6, 6.07) is 9.99. The van der Waals surface area contributed by atoms with E-state index in [1.165, 1.54) is 4.90 Å². The Hall–Kier alpha value is -2.28. The number of benzene rings is 1. The molecule has 1 saturated heterocycles. The van der Waals surface area contributed by atoms with E-state index in [2.05, 4.69) is 34.0 Å². The van der Waals surface area contributed by atoms with Crippen LogP contribution >= 0.6 is 11.8 Å². The average Bonchev–Trinajstić information content (AvgIpc) is 2.70. The molecule has 0 atom stereocenters. The van der Waals surface area contributed by atoms with Gasteiger partial charge in [0.2, 0.25) is 0 Å². The molecule has 26 heavy (non-hydrogen) atoms. The Kier molecular flexibility index (Phi) is 6.33. The molecule has 0 aliphatic carbocycles. The van der Waals surface area contributed by atoms with E-state index in [1.807, 2.05) is 35.2 Å². The Morgan fingerprint density at radius 1 is 1.12 bits per heavy atom. The van der Waals surface area contributed by atoms with Gasteiger partial charge in [-0.2, -0.15) is 0 Å². The molecule has 2 heterocycles. The molecule has 1 fully saturated rings. The summed E-state index contributed by atoms with van der Waals surface area (Å²) in [4.78, 5) is 26.4. The molecule has 0 bridgehead atoms. The minimum atomic E-state index is -0.0440. The summed E-state index contributed by atoms with van der Waals surface area (Å²) < 4.78 is 0. The van der Waals surface area contributed by atoms with Crippen molar-refractivity contribution in [2.45, 2.75) is 25.2 Å². The van der Waals surface area contributed by atoms with Crippen LogP contribution in [0.4, 0.5) is 16.3 Å². The number of nitrogens with zero attached hydrogens (tertiary/aromatic N) is 4. The van der Waals surface area contributed by atoms with E-state index in [0.717, 1.165) is 42.5 Å². The van der Waals surface area contributed by atoms with Crippen LogP contribution in [0.2, 0.25) is 0 Å². The molecule has 6 nitrogen and oxygen atoms in total. The van der Waals surface area contributed by atoms with Gasteiger partial charge in [0.1, 0.15) is 12.1 Å². The molecular formula is C19H25N5OS. The lowest BCUT2D eigenvalue weighted by molar-refractivity contribution is 0.208. The van der Waals surface area contributed by atoms with Gasteiger partial charge >= 0.3 is 6.03 Å². The Bertz CT molecular complexity index is 729. The molecule has 1 aliphatic rings. The first-order chi connectivity index (χ1) is 12.7.